The molecule has 1 aliphatic carbocycles. The van der Waals surface area contributed by atoms with E-state index in [2.05, 4.69) is 10.0 Å². The molecule has 2 N–H and O–H groups in total. The second-order valence-electron chi connectivity index (χ2n) is 8.38. The molecule has 0 saturated heterocycles. The van der Waals surface area contributed by atoms with Crippen LogP contribution in [0.25, 0.3) is 0 Å². The fourth-order valence-electron chi connectivity index (χ4n) is 4.38. The van der Waals surface area contributed by atoms with Crippen molar-refractivity contribution >= 4 is 33.2 Å². The van der Waals surface area contributed by atoms with Gasteiger partial charge in [0.2, 0.25) is 15.9 Å². The summed E-state index contributed by atoms with van der Waals surface area (Å²) in [5.41, 5.74) is 0.902. The van der Waals surface area contributed by atoms with Crippen molar-refractivity contribution in [1.82, 2.24) is 4.72 Å². The van der Waals surface area contributed by atoms with E-state index in [0.29, 0.717) is 16.8 Å². The fraction of sp³-hybridized carbons (Fsp3) is 0.409. The summed E-state index contributed by atoms with van der Waals surface area (Å²) in [6.07, 6.45) is 5.13. The number of amides is 1. The van der Waals surface area contributed by atoms with Gasteiger partial charge in [-0.3, -0.25) is 4.79 Å². The van der Waals surface area contributed by atoms with E-state index in [0.717, 1.165) is 32.1 Å². The molecule has 0 bridgehead atoms. The highest BCUT2D eigenvalue weighted by atomic mass is 35.5. The first-order valence-electron chi connectivity index (χ1n) is 10.1. The van der Waals surface area contributed by atoms with Crippen LogP contribution >= 0.6 is 11.6 Å². The van der Waals surface area contributed by atoms with Crippen molar-refractivity contribution in [2.24, 2.45) is 0 Å². The normalized spacial score (nSPS) is 22.0. The van der Waals surface area contributed by atoms with Crippen molar-refractivity contribution in [1.29, 1.82) is 0 Å². The molecule has 1 heterocycles. The van der Waals surface area contributed by atoms with E-state index in [1.54, 1.807) is 25.1 Å². The van der Waals surface area contributed by atoms with E-state index in [4.69, 9.17) is 11.6 Å². The van der Waals surface area contributed by atoms with E-state index < -0.39 is 21.3 Å². The Balaban J connectivity index is 1.65. The van der Waals surface area contributed by atoms with Gasteiger partial charge in [-0.2, -0.15) is 0 Å². The van der Waals surface area contributed by atoms with Gasteiger partial charge in [-0.25, -0.2) is 17.5 Å². The van der Waals surface area contributed by atoms with Crippen LogP contribution < -0.4 is 10.0 Å². The van der Waals surface area contributed by atoms with Gasteiger partial charge < -0.3 is 5.32 Å². The summed E-state index contributed by atoms with van der Waals surface area (Å²) in [4.78, 5) is 12.9. The third-order valence-electron chi connectivity index (χ3n) is 6.11. The lowest BCUT2D eigenvalue weighted by Crippen LogP contribution is -2.36. The summed E-state index contributed by atoms with van der Waals surface area (Å²) >= 11 is 5.90. The lowest BCUT2D eigenvalue weighted by Gasteiger charge is -2.24. The maximum absolute atomic E-state index is 13.5. The average molecular weight is 451 g/mol. The summed E-state index contributed by atoms with van der Waals surface area (Å²) in [5.74, 6) is -0.753. The minimum absolute atomic E-state index is 0.0114. The van der Waals surface area contributed by atoms with Gasteiger partial charge in [-0.05, 0) is 67.6 Å². The van der Waals surface area contributed by atoms with Crippen molar-refractivity contribution in [3.63, 3.8) is 0 Å². The van der Waals surface area contributed by atoms with Gasteiger partial charge in [0.1, 0.15) is 5.82 Å². The number of anilines is 1. The number of rotatable bonds is 5. The summed E-state index contributed by atoms with van der Waals surface area (Å²) < 4.78 is 42.2. The third-order valence-corrected chi connectivity index (χ3v) is 7.92. The van der Waals surface area contributed by atoms with Crippen LogP contribution in [0.3, 0.4) is 0 Å². The number of sulfonamides is 1. The van der Waals surface area contributed by atoms with Crippen molar-refractivity contribution < 1.29 is 17.6 Å². The fourth-order valence-corrected chi connectivity index (χ4v) is 5.91. The average Bonchev–Trinajstić information content (AvgIpc) is 2.95. The predicted molar refractivity (Wildman–Crippen MR) is 115 cm³/mol. The molecular formula is C22H24ClFN2O3S. The Labute approximate surface area is 181 Å². The van der Waals surface area contributed by atoms with Crippen molar-refractivity contribution in [3.8, 4) is 0 Å². The molecule has 1 atom stereocenters. The van der Waals surface area contributed by atoms with Crippen LogP contribution in [0.4, 0.5) is 10.1 Å². The second-order valence-corrected chi connectivity index (χ2v) is 10.5. The monoisotopic (exact) mass is 450 g/mol. The van der Waals surface area contributed by atoms with Gasteiger partial charge in [0, 0.05) is 11.7 Å². The number of benzene rings is 2. The molecule has 1 aliphatic heterocycles. The van der Waals surface area contributed by atoms with Crippen LogP contribution in [0.1, 0.15) is 50.2 Å². The van der Waals surface area contributed by atoms with Crippen LogP contribution in [-0.4, -0.2) is 20.4 Å². The zero-order valence-corrected chi connectivity index (χ0v) is 18.2. The molecule has 5 nitrogen and oxygen atoms in total. The number of nitrogens with one attached hydrogen (secondary N) is 2. The number of carbonyl (C=O) groups excluding carboxylic acids is 1. The molecule has 1 unspecified atom stereocenters. The number of fused-ring (bicyclic) bond motifs is 1. The Morgan fingerprint density at radius 3 is 2.60 bits per heavy atom. The molecule has 1 saturated carbocycles. The molecule has 2 aliphatic rings. The Morgan fingerprint density at radius 2 is 1.90 bits per heavy atom. The van der Waals surface area contributed by atoms with Crippen LogP contribution in [0.5, 0.6) is 0 Å². The van der Waals surface area contributed by atoms with Gasteiger partial charge in [-0.15, -0.1) is 0 Å². The molecule has 30 heavy (non-hydrogen) atoms. The Kier molecular flexibility index (Phi) is 5.64. The standard InChI is InChI=1S/C22H24ClFN2O3S/c1-22(13-14-7-9-19(24)18(23)11-14)17-12-16(8-10-20(17)25-21(22)27)30(28,29)26-15-5-3-2-4-6-15/h7-12,15,26H,2-6,13H2,1H3,(H,25,27). The van der Waals surface area contributed by atoms with Gasteiger partial charge >= 0.3 is 0 Å². The highest BCUT2D eigenvalue weighted by Crippen LogP contribution is 2.41. The van der Waals surface area contributed by atoms with Crippen molar-refractivity contribution in [3.05, 3.63) is 58.4 Å². The van der Waals surface area contributed by atoms with Crippen molar-refractivity contribution in [2.45, 2.75) is 61.8 Å². The van der Waals surface area contributed by atoms with Crippen LogP contribution in [0.15, 0.2) is 41.3 Å². The molecule has 2 aromatic carbocycles. The van der Waals surface area contributed by atoms with Crippen LogP contribution in [-0.2, 0) is 26.7 Å². The van der Waals surface area contributed by atoms with E-state index in [9.17, 15) is 17.6 Å². The second kappa shape index (κ2) is 7.94. The van der Waals surface area contributed by atoms with Gasteiger partial charge in [0.05, 0.1) is 15.3 Å². The first-order chi connectivity index (χ1) is 14.2. The molecule has 0 radical (unpaired) electrons. The van der Waals surface area contributed by atoms with E-state index >= 15 is 0 Å². The maximum Gasteiger partial charge on any atom is 0.240 e. The SMILES string of the molecule is CC1(Cc2ccc(F)c(Cl)c2)C(=O)Nc2ccc(S(=O)(=O)NC3CCCCC3)cc21. The predicted octanol–water partition coefficient (Wildman–Crippen LogP) is 4.54. The van der Waals surface area contributed by atoms with Gasteiger partial charge in [0.25, 0.3) is 0 Å². The molecule has 0 aromatic heterocycles. The number of hydrogen-bond donors (Lipinski definition) is 2. The minimum atomic E-state index is -3.69. The smallest absolute Gasteiger partial charge is 0.240 e. The van der Waals surface area contributed by atoms with E-state index in [1.807, 2.05) is 0 Å². The van der Waals surface area contributed by atoms with E-state index in [1.165, 1.54) is 18.2 Å². The van der Waals surface area contributed by atoms with Crippen LogP contribution in [0.2, 0.25) is 5.02 Å². The molecule has 160 valence electrons. The zero-order chi connectivity index (χ0) is 21.5. The lowest BCUT2D eigenvalue weighted by molar-refractivity contribution is -0.120. The van der Waals surface area contributed by atoms with Gasteiger partial charge in [-0.1, -0.05) is 36.9 Å². The Bertz CT molecular complexity index is 1100. The number of hydrogen-bond acceptors (Lipinski definition) is 3. The summed E-state index contributed by atoms with van der Waals surface area (Å²) in [7, 11) is -3.69. The quantitative estimate of drug-likeness (QED) is 0.702. The zero-order valence-electron chi connectivity index (χ0n) is 16.7. The minimum Gasteiger partial charge on any atom is -0.325 e. The molecule has 2 aromatic rings. The first-order valence-corrected chi connectivity index (χ1v) is 12.0. The molecule has 8 heteroatoms. The topological polar surface area (TPSA) is 75.3 Å². The summed E-state index contributed by atoms with van der Waals surface area (Å²) in [6, 6.07) is 9.02. The summed E-state index contributed by atoms with van der Waals surface area (Å²) in [5, 5.41) is 2.82. The molecule has 4 rings (SSSR count). The molecule has 0 spiro atoms. The first kappa shape index (κ1) is 21.3. The molecule has 1 fully saturated rings. The molecular weight excluding hydrogens is 427 g/mol. The number of halogens is 2. The van der Waals surface area contributed by atoms with Gasteiger partial charge in [0.15, 0.2) is 0 Å². The maximum atomic E-state index is 13.5. The largest absolute Gasteiger partial charge is 0.325 e. The van der Waals surface area contributed by atoms with Crippen molar-refractivity contribution in [2.75, 3.05) is 5.32 Å². The lowest BCUT2D eigenvalue weighted by atomic mass is 9.78. The highest BCUT2D eigenvalue weighted by molar-refractivity contribution is 7.89. The van der Waals surface area contributed by atoms with E-state index in [-0.39, 0.29) is 28.3 Å². The number of carbonyl (C=O) groups is 1. The van der Waals surface area contributed by atoms with Crippen LogP contribution in [0, 0.1) is 5.82 Å². The third kappa shape index (κ3) is 3.98. The summed E-state index contributed by atoms with van der Waals surface area (Å²) in [6.45, 7) is 1.76. The highest BCUT2D eigenvalue weighted by Gasteiger charge is 2.43. The molecule has 1 amide bonds. The Morgan fingerprint density at radius 1 is 1.17 bits per heavy atom. The Hall–Kier alpha value is -1.96.